The van der Waals surface area contributed by atoms with Gasteiger partial charge < -0.3 is 10.1 Å². The first-order valence-electron chi connectivity index (χ1n) is 6.26. The number of hydrogen-bond donors (Lipinski definition) is 1. The van der Waals surface area contributed by atoms with Crippen molar-refractivity contribution in [1.29, 1.82) is 0 Å². The molecule has 0 aliphatic rings. The molecule has 1 aromatic rings. The standard InChI is InChI=1S/C15H23NO/c1-4-5-6-11-17-15-9-7-14(8-10-15)12-13(2)16-3/h4,7-10,13,16H,1,5-6,11-12H2,2-3H3. The lowest BCUT2D eigenvalue weighted by Gasteiger charge is -2.11. The maximum atomic E-state index is 5.63. The lowest BCUT2D eigenvalue weighted by atomic mass is 10.1. The molecule has 2 heteroatoms. The monoisotopic (exact) mass is 233 g/mol. The van der Waals surface area contributed by atoms with E-state index in [0.717, 1.165) is 31.6 Å². The molecule has 0 radical (unpaired) electrons. The van der Waals surface area contributed by atoms with Gasteiger partial charge in [-0.25, -0.2) is 0 Å². The summed E-state index contributed by atoms with van der Waals surface area (Å²) in [6.45, 7) is 6.63. The molecule has 0 fully saturated rings. The predicted molar refractivity (Wildman–Crippen MR) is 73.6 cm³/mol. The van der Waals surface area contributed by atoms with Crippen LogP contribution in [-0.2, 0) is 6.42 Å². The van der Waals surface area contributed by atoms with Crippen LogP contribution in [0, 0.1) is 0 Å². The molecule has 94 valence electrons. The summed E-state index contributed by atoms with van der Waals surface area (Å²) in [6.07, 6.45) is 5.01. The van der Waals surface area contributed by atoms with Crippen molar-refractivity contribution in [3.8, 4) is 5.75 Å². The lowest BCUT2D eigenvalue weighted by molar-refractivity contribution is 0.312. The Kier molecular flexibility index (Phi) is 6.41. The van der Waals surface area contributed by atoms with Gasteiger partial charge in [-0.05, 0) is 50.9 Å². The van der Waals surface area contributed by atoms with Crippen LogP contribution in [0.25, 0.3) is 0 Å². The van der Waals surface area contributed by atoms with Crippen molar-refractivity contribution in [3.63, 3.8) is 0 Å². The number of rotatable bonds is 8. The van der Waals surface area contributed by atoms with Crippen molar-refractivity contribution in [3.05, 3.63) is 42.5 Å². The molecule has 0 aliphatic heterocycles. The highest BCUT2D eigenvalue weighted by atomic mass is 16.5. The Hall–Kier alpha value is -1.28. The summed E-state index contributed by atoms with van der Waals surface area (Å²) in [6, 6.07) is 8.87. The molecule has 2 nitrogen and oxygen atoms in total. The highest BCUT2D eigenvalue weighted by Crippen LogP contribution is 2.13. The predicted octanol–water partition coefficient (Wildman–Crippen LogP) is 3.18. The fourth-order valence-corrected chi connectivity index (χ4v) is 1.60. The smallest absolute Gasteiger partial charge is 0.119 e. The molecule has 0 spiro atoms. The van der Waals surface area contributed by atoms with Gasteiger partial charge in [0, 0.05) is 6.04 Å². The molecular formula is C15H23NO. The van der Waals surface area contributed by atoms with Crippen molar-refractivity contribution >= 4 is 0 Å². The first-order chi connectivity index (χ1) is 8.26. The summed E-state index contributed by atoms with van der Waals surface area (Å²) in [5.74, 6) is 0.954. The number of benzene rings is 1. The first kappa shape index (κ1) is 13.8. The quantitative estimate of drug-likeness (QED) is 0.550. The zero-order chi connectivity index (χ0) is 12.5. The fourth-order valence-electron chi connectivity index (χ4n) is 1.60. The van der Waals surface area contributed by atoms with Gasteiger partial charge in [-0.3, -0.25) is 0 Å². The molecule has 0 bridgehead atoms. The highest BCUT2D eigenvalue weighted by Gasteiger charge is 2.00. The van der Waals surface area contributed by atoms with E-state index in [1.807, 2.05) is 25.3 Å². The number of hydrogen-bond acceptors (Lipinski definition) is 2. The van der Waals surface area contributed by atoms with Gasteiger partial charge in [0.2, 0.25) is 0 Å². The average Bonchev–Trinajstić information content (AvgIpc) is 2.36. The molecule has 1 atom stereocenters. The summed E-state index contributed by atoms with van der Waals surface area (Å²) >= 11 is 0. The Labute approximate surface area is 105 Å². The van der Waals surface area contributed by atoms with Crippen molar-refractivity contribution in [1.82, 2.24) is 5.32 Å². The van der Waals surface area contributed by atoms with Crippen LogP contribution in [0.2, 0.25) is 0 Å². The van der Waals surface area contributed by atoms with Crippen LogP contribution in [0.1, 0.15) is 25.3 Å². The van der Waals surface area contributed by atoms with Gasteiger partial charge in [0.1, 0.15) is 5.75 Å². The molecule has 0 aliphatic carbocycles. The molecule has 1 unspecified atom stereocenters. The Morgan fingerprint density at radius 1 is 1.35 bits per heavy atom. The Balaban J connectivity index is 2.36. The SMILES string of the molecule is C=CCCCOc1ccc(CC(C)NC)cc1. The lowest BCUT2D eigenvalue weighted by Crippen LogP contribution is -2.23. The van der Waals surface area contributed by atoms with Crippen LogP contribution in [0.3, 0.4) is 0 Å². The van der Waals surface area contributed by atoms with Crippen molar-refractivity contribution in [2.75, 3.05) is 13.7 Å². The average molecular weight is 233 g/mol. The highest BCUT2D eigenvalue weighted by molar-refractivity contribution is 5.27. The van der Waals surface area contributed by atoms with Crippen LogP contribution in [-0.4, -0.2) is 19.7 Å². The normalized spacial score (nSPS) is 12.1. The van der Waals surface area contributed by atoms with E-state index < -0.39 is 0 Å². The van der Waals surface area contributed by atoms with Crippen LogP contribution in [0.15, 0.2) is 36.9 Å². The molecule has 0 saturated heterocycles. The minimum atomic E-state index is 0.509. The Bertz CT molecular complexity index is 318. The molecule has 1 aromatic carbocycles. The van der Waals surface area contributed by atoms with Crippen molar-refractivity contribution in [2.24, 2.45) is 0 Å². The maximum absolute atomic E-state index is 5.63. The second-order valence-electron chi connectivity index (χ2n) is 4.32. The third-order valence-corrected chi connectivity index (χ3v) is 2.78. The summed E-state index contributed by atoms with van der Waals surface area (Å²) < 4.78 is 5.63. The molecule has 17 heavy (non-hydrogen) atoms. The van der Waals surface area contributed by atoms with Gasteiger partial charge in [0.15, 0.2) is 0 Å². The van der Waals surface area contributed by atoms with Crippen LogP contribution >= 0.6 is 0 Å². The van der Waals surface area contributed by atoms with Gasteiger partial charge in [-0.2, -0.15) is 0 Å². The van der Waals surface area contributed by atoms with Crippen molar-refractivity contribution in [2.45, 2.75) is 32.2 Å². The fraction of sp³-hybridized carbons (Fsp3) is 0.467. The zero-order valence-electron chi connectivity index (χ0n) is 10.9. The van der Waals surface area contributed by atoms with E-state index >= 15 is 0 Å². The van der Waals surface area contributed by atoms with Crippen LogP contribution < -0.4 is 10.1 Å². The number of nitrogens with one attached hydrogen (secondary N) is 1. The molecule has 0 amide bonds. The van der Waals surface area contributed by atoms with Gasteiger partial charge in [-0.1, -0.05) is 18.2 Å². The van der Waals surface area contributed by atoms with Gasteiger partial charge in [0.05, 0.1) is 6.61 Å². The summed E-state index contributed by atoms with van der Waals surface area (Å²) in [4.78, 5) is 0. The Morgan fingerprint density at radius 3 is 2.65 bits per heavy atom. The maximum Gasteiger partial charge on any atom is 0.119 e. The van der Waals surface area contributed by atoms with Crippen molar-refractivity contribution < 1.29 is 4.74 Å². The number of allylic oxidation sites excluding steroid dienone is 1. The third-order valence-electron chi connectivity index (χ3n) is 2.78. The molecule has 1 N–H and O–H groups in total. The minimum Gasteiger partial charge on any atom is -0.494 e. The van der Waals surface area contributed by atoms with E-state index in [-0.39, 0.29) is 0 Å². The number of unbranched alkanes of at least 4 members (excludes halogenated alkanes) is 1. The van der Waals surface area contributed by atoms with E-state index in [1.165, 1.54) is 5.56 Å². The van der Waals surface area contributed by atoms with Crippen LogP contribution in [0.4, 0.5) is 0 Å². The molecule has 0 saturated carbocycles. The van der Waals surface area contributed by atoms with E-state index in [9.17, 15) is 0 Å². The van der Waals surface area contributed by atoms with Gasteiger partial charge in [0.25, 0.3) is 0 Å². The minimum absolute atomic E-state index is 0.509. The Morgan fingerprint density at radius 2 is 2.06 bits per heavy atom. The summed E-state index contributed by atoms with van der Waals surface area (Å²) in [5, 5.41) is 3.24. The number of likely N-dealkylation sites (N-methyl/N-ethyl adjacent to an activating group) is 1. The third kappa shape index (κ3) is 5.55. The molecule has 1 rings (SSSR count). The second kappa shape index (κ2) is 7.91. The van der Waals surface area contributed by atoms with E-state index in [1.54, 1.807) is 0 Å². The van der Waals surface area contributed by atoms with E-state index in [2.05, 4.69) is 31.0 Å². The molecule has 0 aromatic heterocycles. The second-order valence-corrected chi connectivity index (χ2v) is 4.32. The topological polar surface area (TPSA) is 21.3 Å². The zero-order valence-corrected chi connectivity index (χ0v) is 10.9. The number of ether oxygens (including phenoxy) is 1. The largest absolute Gasteiger partial charge is 0.494 e. The van der Waals surface area contributed by atoms with E-state index in [4.69, 9.17) is 4.74 Å². The summed E-state index contributed by atoms with van der Waals surface area (Å²) in [7, 11) is 1.99. The first-order valence-corrected chi connectivity index (χ1v) is 6.26. The van der Waals surface area contributed by atoms with Gasteiger partial charge in [-0.15, -0.1) is 6.58 Å². The molecule has 0 heterocycles. The van der Waals surface area contributed by atoms with Gasteiger partial charge >= 0.3 is 0 Å². The molecular weight excluding hydrogens is 210 g/mol. The van der Waals surface area contributed by atoms with Crippen LogP contribution in [0.5, 0.6) is 5.75 Å². The summed E-state index contributed by atoms with van der Waals surface area (Å²) in [5.41, 5.74) is 1.34. The van der Waals surface area contributed by atoms with E-state index in [0.29, 0.717) is 6.04 Å².